The fraction of sp³-hybridized carbons (Fsp3) is 0.938. The van der Waals surface area contributed by atoms with E-state index in [-0.39, 0.29) is 31.1 Å². The normalized spacial score (nSPS) is 12.2. The van der Waals surface area contributed by atoms with Crippen LogP contribution in [-0.2, 0) is 28.6 Å². The summed E-state index contributed by atoms with van der Waals surface area (Å²) in [6.07, 6.45) is 36.8. The molecule has 0 aromatic heterocycles. The Labute approximate surface area is 336 Å². The van der Waals surface area contributed by atoms with E-state index in [9.17, 15) is 14.4 Å². The van der Waals surface area contributed by atoms with Crippen LogP contribution in [0.4, 0.5) is 0 Å². The number of hydrogen-bond donors (Lipinski definition) is 0. The number of unbranched alkanes of at least 4 members (excludes halogenated alkanes) is 24. The first kappa shape index (κ1) is 52.4. The average Bonchev–Trinajstić information content (AvgIpc) is 3.12. The summed E-state index contributed by atoms with van der Waals surface area (Å²) in [6.45, 7) is 13.6. The quantitative estimate of drug-likeness (QED) is 0.0350. The van der Waals surface area contributed by atoms with Gasteiger partial charge in [0.25, 0.3) is 0 Å². The molecule has 6 heteroatoms. The highest BCUT2D eigenvalue weighted by atomic mass is 16.6. The van der Waals surface area contributed by atoms with Gasteiger partial charge in [0.05, 0.1) is 0 Å². The highest BCUT2D eigenvalue weighted by molar-refractivity contribution is 5.71. The van der Waals surface area contributed by atoms with E-state index >= 15 is 0 Å². The minimum atomic E-state index is -0.762. The SMILES string of the molecule is CC(C)CCCCCCCCCCCCCCCC(=O)OC[C@H](COC(=O)CCCCCCCCCC(C)C)OC(=O)CCCCCCCCCC(C)C. The molecular weight excluding hydrogens is 673 g/mol. The summed E-state index contributed by atoms with van der Waals surface area (Å²) in [5.74, 6) is 1.53. The molecule has 0 fully saturated rings. The molecule has 0 amide bonds. The van der Waals surface area contributed by atoms with Gasteiger partial charge >= 0.3 is 17.9 Å². The van der Waals surface area contributed by atoms with Crippen molar-refractivity contribution in [3.8, 4) is 0 Å². The number of rotatable bonds is 41. The molecular formula is C48H92O6. The van der Waals surface area contributed by atoms with Gasteiger partial charge in [-0.25, -0.2) is 0 Å². The number of carbonyl (C=O) groups excluding carboxylic acids is 3. The lowest BCUT2D eigenvalue weighted by atomic mass is 10.0. The van der Waals surface area contributed by atoms with Crippen LogP contribution >= 0.6 is 0 Å². The van der Waals surface area contributed by atoms with Crippen molar-refractivity contribution in [1.29, 1.82) is 0 Å². The molecule has 0 aromatic carbocycles. The highest BCUT2D eigenvalue weighted by Gasteiger charge is 2.19. The molecule has 320 valence electrons. The molecule has 0 spiro atoms. The Hall–Kier alpha value is -1.59. The number of carbonyl (C=O) groups is 3. The van der Waals surface area contributed by atoms with Crippen molar-refractivity contribution in [2.75, 3.05) is 13.2 Å². The Morgan fingerprint density at radius 2 is 0.537 bits per heavy atom. The van der Waals surface area contributed by atoms with Crippen molar-refractivity contribution in [3.05, 3.63) is 0 Å². The van der Waals surface area contributed by atoms with Crippen LogP contribution in [0.15, 0.2) is 0 Å². The van der Waals surface area contributed by atoms with Crippen LogP contribution in [0.25, 0.3) is 0 Å². The number of esters is 3. The zero-order valence-electron chi connectivity index (χ0n) is 37.0. The van der Waals surface area contributed by atoms with Crippen LogP contribution < -0.4 is 0 Å². The third kappa shape index (κ3) is 41.6. The van der Waals surface area contributed by atoms with Gasteiger partial charge in [0.2, 0.25) is 0 Å². The monoisotopic (exact) mass is 765 g/mol. The van der Waals surface area contributed by atoms with Gasteiger partial charge in [-0.2, -0.15) is 0 Å². The van der Waals surface area contributed by atoms with Crippen molar-refractivity contribution in [2.45, 2.75) is 260 Å². The maximum Gasteiger partial charge on any atom is 0.306 e. The Kier molecular flexibility index (Phi) is 38.5. The molecule has 54 heavy (non-hydrogen) atoms. The third-order valence-corrected chi connectivity index (χ3v) is 10.6. The molecule has 0 unspecified atom stereocenters. The summed E-state index contributed by atoms with van der Waals surface area (Å²) < 4.78 is 16.7. The maximum absolute atomic E-state index is 12.7. The predicted octanol–water partition coefficient (Wildman–Crippen LogP) is 14.8. The summed E-state index contributed by atoms with van der Waals surface area (Å²) in [4.78, 5) is 37.7. The summed E-state index contributed by atoms with van der Waals surface area (Å²) >= 11 is 0. The van der Waals surface area contributed by atoms with Crippen molar-refractivity contribution < 1.29 is 28.6 Å². The molecule has 0 rings (SSSR count). The lowest BCUT2D eigenvalue weighted by molar-refractivity contribution is -0.167. The fourth-order valence-electron chi connectivity index (χ4n) is 7.06. The third-order valence-electron chi connectivity index (χ3n) is 10.6. The van der Waals surface area contributed by atoms with Crippen molar-refractivity contribution in [2.24, 2.45) is 17.8 Å². The van der Waals surface area contributed by atoms with E-state index in [0.29, 0.717) is 19.3 Å². The lowest BCUT2D eigenvalue weighted by Gasteiger charge is -2.18. The first-order valence-corrected chi connectivity index (χ1v) is 23.6. The molecule has 0 radical (unpaired) electrons. The largest absolute Gasteiger partial charge is 0.462 e. The van der Waals surface area contributed by atoms with Crippen LogP contribution in [0.3, 0.4) is 0 Å². The van der Waals surface area contributed by atoms with E-state index in [1.165, 1.54) is 135 Å². The summed E-state index contributed by atoms with van der Waals surface area (Å²) in [5, 5.41) is 0. The van der Waals surface area contributed by atoms with Crippen molar-refractivity contribution in [1.82, 2.24) is 0 Å². The van der Waals surface area contributed by atoms with Gasteiger partial charge in [-0.3, -0.25) is 14.4 Å². The van der Waals surface area contributed by atoms with Crippen molar-refractivity contribution in [3.63, 3.8) is 0 Å². The van der Waals surface area contributed by atoms with Gasteiger partial charge in [-0.15, -0.1) is 0 Å². The van der Waals surface area contributed by atoms with Gasteiger partial charge in [0.1, 0.15) is 13.2 Å². The fourth-order valence-corrected chi connectivity index (χ4v) is 7.06. The highest BCUT2D eigenvalue weighted by Crippen LogP contribution is 2.17. The molecule has 0 bridgehead atoms. The minimum Gasteiger partial charge on any atom is -0.462 e. The molecule has 0 aliphatic heterocycles. The van der Waals surface area contributed by atoms with E-state index in [0.717, 1.165) is 75.5 Å². The van der Waals surface area contributed by atoms with Crippen LogP contribution in [0, 0.1) is 17.8 Å². The summed E-state index contributed by atoms with van der Waals surface area (Å²) in [5.41, 5.74) is 0. The van der Waals surface area contributed by atoms with Crippen LogP contribution in [0.2, 0.25) is 0 Å². The van der Waals surface area contributed by atoms with E-state index in [2.05, 4.69) is 41.5 Å². The predicted molar refractivity (Wildman–Crippen MR) is 229 cm³/mol. The average molecular weight is 765 g/mol. The van der Waals surface area contributed by atoms with Gasteiger partial charge in [-0.05, 0) is 37.0 Å². The molecule has 0 saturated carbocycles. The molecule has 1 atom stereocenters. The maximum atomic E-state index is 12.7. The van der Waals surface area contributed by atoms with E-state index in [1.54, 1.807) is 0 Å². The first-order chi connectivity index (χ1) is 26.1. The van der Waals surface area contributed by atoms with Crippen LogP contribution in [0.5, 0.6) is 0 Å². The van der Waals surface area contributed by atoms with Gasteiger partial charge < -0.3 is 14.2 Å². The molecule has 0 aliphatic carbocycles. The topological polar surface area (TPSA) is 78.9 Å². The molecule has 0 saturated heterocycles. The summed E-state index contributed by atoms with van der Waals surface area (Å²) in [7, 11) is 0. The molecule has 0 aromatic rings. The Morgan fingerprint density at radius 3 is 0.796 bits per heavy atom. The van der Waals surface area contributed by atoms with E-state index in [1.807, 2.05) is 0 Å². The van der Waals surface area contributed by atoms with Crippen LogP contribution in [0.1, 0.15) is 253 Å². The van der Waals surface area contributed by atoms with Crippen LogP contribution in [-0.4, -0.2) is 37.2 Å². The smallest absolute Gasteiger partial charge is 0.306 e. The van der Waals surface area contributed by atoms with E-state index in [4.69, 9.17) is 14.2 Å². The van der Waals surface area contributed by atoms with Gasteiger partial charge in [-0.1, -0.05) is 215 Å². The van der Waals surface area contributed by atoms with Gasteiger partial charge in [0, 0.05) is 19.3 Å². The molecule has 0 aliphatic rings. The van der Waals surface area contributed by atoms with Crippen molar-refractivity contribution >= 4 is 17.9 Å². The lowest BCUT2D eigenvalue weighted by Crippen LogP contribution is -2.30. The zero-order chi connectivity index (χ0) is 39.9. The second-order valence-electron chi connectivity index (χ2n) is 17.8. The Balaban J connectivity index is 4.28. The second-order valence-corrected chi connectivity index (χ2v) is 17.8. The molecule has 0 N–H and O–H groups in total. The minimum absolute atomic E-state index is 0.0665. The second kappa shape index (κ2) is 39.6. The van der Waals surface area contributed by atoms with E-state index < -0.39 is 6.10 Å². The Morgan fingerprint density at radius 1 is 0.315 bits per heavy atom. The molecule has 6 nitrogen and oxygen atoms in total. The number of ether oxygens (including phenoxy) is 3. The number of hydrogen-bond acceptors (Lipinski definition) is 6. The summed E-state index contributed by atoms with van der Waals surface area (Å²) in [6, 6.07) is 0. The van der Waals surface area contributed by atoms with Gasteiger partial charge in [0.15, 0.2) is 6.10 Å². The standard InChI is InChI=1S/C48H92O6/c1-42(2)34-28-22-16-12-10-8-7-9-11-13-19-25-31-37-46(49)52-40-45(54-48(51)39-33-27-21-15-18-24-30-36-44(5)6)41-53-47(50)38-32-26-20-14-17-23-29-35-43(3)4/h42-45H,7-41H2,1-6H3/t45-/m1/s1. The Bertz CT molecular complexity index is 837. The molecule has 0 heterocycles. The zero-order valence-corrected chi connectivity index (χ0v) is 37.0. The first-order valence-electron chi connectivity index (χ1n) is 23.6.